The molecule has 2 heterocycles. The van der Waals surface area contributed by atoms with Gasteiger partial charge in [0.25, 0.3) is 0 Å². The quantitative estimate of drug-likeness (QED) is 0.849. The van der Waals surface area contributed by atoms with E-state index in [9.17, 15) is 4.79 Å². The molecule has 0 atom stereocenters. The normalized spacial score (nSPS) is 13.5. The number of nitrogens with one attached hydrogen (secondary N) is 1. The molecule has 2 aromatic rings. The third kappa shape index (κ3) is 2.85. The fourth-order valence-electron chi connectivity index (χ4n) is 2.28. The molecule has 1 aromatic heterocycles. The molecular weight excluding hydrogens is 286 g/mol. The van der Waals surface area contributed by atoms with Crippen LogP contribution in [0.1, 0.15) is 21.5 Å². The van der Waals surface area contributed by atoms with Gasteiger partial charge >= 0.3 is 5.97 Å². The Kier molecular flexibility index (Phi) is 3.53. The van der Waals surface area contributed by atoms with E-state index >= 15 is 0 Å². The molecule has 5 nitrogen and oxygen atoms in total. The van der Waals surface area contributed by atoms with Crippen LogP contribution in [0.25, 0.3) is 0 Å². The number of aromatic nitrogens is 1. The topological polar surface area (TPSA) is 65.5 Å². The maximum atomic E-state index is 11.0. The summed E-state index contributed by atoms with van der Waals surface area (Å²) in [5.74, 6) is -0.941. The van der Waals surface area contributed by atoms with Gasteiger partial charge in [-0.25, -0.2) is 4.79 Å². The smallest absolute Gasteiger partial charge is 0.335 e. The number of carboxylic acid groups (broad SMARTS) is 1. The lowest BCUT2D eigenvalue weighted by Gasteiger charge is -2.32. The molecule has 1 aromatic carbocycles. The lowest BCUT2D eigenvalue weighted by molar-refractivity contribution is 0.0697. The number of rotatable bonds is 3. The van der Waals surface area contributed by atoms with E-state index in [4.69, 9.17) is 17.3 Å². The van der Waals surface area contributed by atoms with Gasteiger partial charge in [-0.3, -0.25) is 4.98 Å². The van der Waals surface area contributed by atoms with Crippen LogP contribution in [0.4, 0.5) is 5.69 Å². The van der Waals surface area contributed by atoms with Crippen molar-refractivity contribution in [3.8, 4) is 0 Å². The number of benzene rings is 1. The van der Waals surface area contributed by atoms with Gasteiger partial charge in [0.2, 0.25) is 0 Å². The summed E-state index contributed by atoms with van der Waals surface area (Å²) in [5.41, 5.74) is 3.12. The lowest BCUT2D eigenvalue weighted by atomic mass is 10.1. The minimum Gasteiger partial charge on any atom is -0.478 e. The van der Waals surface area contributed by atoms with E-state index in [1.165, 1.54) is 0 Å². The lowest BCUT2D eigenvalue weighted by Crippen LogP contribution is -2.38. The number of hydrogen-bond donors (Lipinski definition) is 2. The highest BCUT2D eigenvalue weighted by atomic mass is 32.1. The summed E-state index contributed by atoms with van der Waals surface area (Å²) in [4.78, 5) is 17.1. The Hall–Kier alpha value is -2.47. The molecule has 0 amide bonds. The molecule has 1 aliphatic rings. The van der Waals surface area contributed by atoms with Crippen LogP contribution in [0.3, 0.4) is 0 Å². The molecule has 0 fully saturated rings. The third-order valence-corrected chi connectivity index (χ3v) is 3.70. The number of thiocarbonyl (C=S) groups is 1. The molecule has 0 radical (unpaired) electrons. The number of hydrogen-bond acceptors (Lipinski definition) is 3. The Bertz CT molecular complexity index is 703. The Labute approximate surface area is 127 Å². The van der Waals surface area contributed by atoms with Crippen LogP contribution in [0, 0.1) is 0 Å². The first kappa shape index (κ1) is 13.5. The molecule has 2 N–H and O–H groups in total. The summed E-state index contributed by atoms with van der Waals surface area (Å²) in [6.07, 6.45) is 3.55. The first-order valence-corrected chi connectivity index (χ1v) is 6.85. The predicted molar refractivity (Wildman–Crippen MR) is 83.1 cm³/mol. The highest BCUT2D eigenvalue weighted by Gasteiger charge is 2.20. The molecule has 3 rings (SSSR count). The van der Waals surface area contributed by atoms with Crippen molar-refractivity contribution < 1.29 is 9.90 Å². The van der Waals surface area contributed by atoms with Crippen LogP contribution < -0.4 is 5.32 Å². The minimum absolute atomic E-state index is 0.254. The van der Waals surface area contributed by atoms with Gasteiger partial charge in [-0.05, 0) is 41.5 Å². The largest absolute Gasteiger partial charge is 0.478 e. The maximum absolute atomic E-state index is 11.0. The Balaban J connectivity index is 1.82. The number of fused-ring (bicyclic) bond motifs is 1. The summed E-state index contributed by atoms with van der Waals surface area (Å²) in [6, 6.07) is 8.94. The molecule has 0 saturated heterocycles. The number of carboxylic acids is 1. The van der Waals surface area contributed by atoms with Crippen molar-refractivity contribution in [1.82, 2.24) is 9.88 Å². The second kappa shape index (κ2) is 5.49. The molecule has 1 aliphatic heterocycles. The number of pyridine rings is 1. The fraction of sp³-hybridized carbons (Fsp3) is 0.133. The van der Waals surface area contributed by atoms with Crippen LogP contribution in [0.2, 0.25) is 0 Å². The standard InChI is InChI=1S/C15H13N3O2S/c19-14(20)11-3-4-12-9-18(15(21)17-13(12)6-11)8-10-2-1-5-16-7-10/h1-7H,8-9H2,(H,17,21)(H,19,20). The highest BCUT2D eigenvalue weighted by molar-refractivity contribution is 7.80. The first-order valence-electron chi connectivity index (χ1n) is 6.44. The van der Waals surface area contributed by atoms with Crippen molar-refractivity contribution >= 4 is 29.0 Å². The van der Waals surface area contributed by atoms with Crippen molar-refractivity contribution in [2.24, 2.45) is 0 Å². The van der Waals surface area contributed by atoms with E-state index in [2.05, 4.69) is 10.3 Å². The molecule has 106 valence electrons. The zero-order valence-electron chi connectivity index (χ0n) is 11.1. The number of aromatic carboxylic acids is 1. The molecule has 6 heteroatoms. The van der Waals surface area contributed by atoms with Crippen LogP contribution in [-0.4, -0.2) is 26.1 Å². The molecular formula is C15H13N3O2S. The van der Waals surface area contributed by atoms with Gasteiger partial charge in [0.15, 0.2) is 5.11 Å². The third-order valence-electron chi connectivity index (χ3n) is 3.34. The number of anilines is 1. The van der Waals surface area contributed by atoms with Crippen molar-refractivity contribution in [2.75, 3.05) is 5.32 Å². The second-order valence-electron chi connectivity index (χ2n) is 4.82. The number of carbonyl (C=O) groups is 1. The van der Waals surface area contributed by atoms with E-state index < -0.39 is 5.97 Å². The summed E-state index contributed by atoms with van der Waals surface area (Å²) in [6.45, 7) is 1.32. The van der Waals surface area contributed by atoms with Crippen LogP contribution >= 0.6 is 12.2 Å². The average Bonchev–Trinajstić information content (AvgIpc) is 2.48. The van der Waals surface area contributed by atoms with E-state index in [1.807, 2.05) is 29.3 Å². The van der Waals surface area contributed by atoms with Crippen molar-refractivity contribution in [3.05, 3.63) is 59.4 Å². The Morgan fingerprint density at radius 1 is 1.43 bits per heavy atom. The van der Waals surface area contributed by atoms with E-state index in [-0.39, 0.29) is 5.56 Å². The zero-order valence-corrected chi connectivity index (χ0v) is 11.9. The Morgan fingerprint density at radius 3 is 3.00 bits per heavy atom. The molecule has 0 spiro atoms. The zero-order chi connectivity index (χ0) is 14.8. The van der Waals surface area contributed by atoms with Gasteiger partial charge in [0.05, 0.1) is 5.56 Å². The summed E-state index contributed by atoms with van der Waals surface area (Å²) in [5, 5.41) is 12.7. The molecule has 0 unspecified atom stereocenters. The van der Waals surface area contributed by atoms with Crippen molar-refractivity contribution in [2.45, 2.75) is 13.1 Å². The SMILES string of the molecule is O=C(O)c1ccc2c(c1)NC(=S)N(Cc1cccnc1)C2. The van der Waals surface area contributed by atoms with E-state index in [0.29, 0.717) is 18.2 Å². The predicted octanol–water partition coefficient (Wildman–Crippen LogP) is 2.49. The van der Waals surface area contributed by atoms with E-state index in [1.54, 1.807) is 18.3 Å². The number of nitrogens with zero attached hydrogens (tertiary/aromatic N) is 2. The minimum atomic E-state index is -0.941. The summed E-state index contributed by atoms with van der Waals surface area (Å²) < 4.78 is 0. The van der Waals surface area contributed by atoms with Crippen LogP contribution in [-0.2, 0) is 13.1 Å². The van der Waals surface area contributed by atoms with Gasteiger partial charge in [-0.2, -0.15) is 0 Å². The van der Waals surface area contributed by atoms with Gasteiger partial charge < -0.3 is 15.3 Å². The van der Waals surface area contributed by atoms with Crippen molar-refractivity contribution in [1.29, 1.82) is 0 Å². The molecule has 0 bridgehead atoms. The molecule has 0 saturated carbocycles. The van der Waals surface area contributed by atoms with Crippen LogP contribution in [0.15, 0.2) is 42.7 Å². The van der Waals surface area contributed by atoms with Crippen LogP contribution in [0.5, 0.6) is 0 Å². The van der Waals surface area contributed by atoms with E-state index in [0.717, 1.165) is 16.8 Å². The maximum Gasteiger partial charge on any atom is 0.335 e. The monoisotopic (exact) mass is 299 g/mol. The van der Waals surface area contributed by atoms with Gasteiger partial charge in [-0.1, -0.05) is 12.1 Å². The molecule has 21 heavy (non-hydrogen) atoms. The van der Waals surface area contributed by atoms with Gasteiger partial charge in [0, 0.05) is 31.2 Å². The summed E-state index contributed by atoms with van der Waals surface area (Å²) >= 11 is 5.36. The van der Waals surface area contributed by atoms with Gasteiger partial charge in [0.1, 0.15) is 0 Å². The molecule has 0 aliphatic carbocycles. The first-order chi connectivity index (χ1) is 10.1. The fourth-order valence-corrected chi connectivity index (χ4v) is 2.51. The van der Waals surface area contributed by atoms with Crippen molar-refractivity contribution in [3.63, 3.8) is 0 Å². The Morgan fingerprint density at radius 2 is 2.29 bits per heavy atom. The second-order valence-corrected chi connectivity index (χ2v) is 5.21. The summed E-state index contributed by atoms with van der Waals surface area (Å²) in [7, 11) is 0. The van der Waals surface area contributed by atoms with Gasteiger partial charge in [-0.15, -0.1) is 0 Å². The highest BCUT2D eigenvalue weighted by Crippen LogP contribution is 2.25. The average molecular weight is 299 g/mol.